The van der Waals surface area contributed by atoms with E-state index in [4.69, 9.17) is 11.6 Å². The second-order valence-corrected chi connectivity index (χ2v) is 6.78. The summed E-state index contributed by atoms with van der Waals surface area (Å²) in [6.45, 7) is 0.143. The van der Waals surface area contributed by atoms with Gasteiger partial charge in [-0.1, -0.05) is 46.8 Å². The quantitative estimate of drug-likeness (QED) is 0.841. The van der Waals surface area contributed by atoms with Crippen LogP contribution in [0.4, 0.5) is 0 Å². The molecule has 0 saturated heterocycles. The van der Waals surface area contributed by atoms with Crippen molar-refractivity contribution < 1.29 is 14.7 Å². The van der Waals surface area contributed by atoms with Crippen LogP contribution < -0.4 is 5.32 Å². The molecule has 6 heteroatoms. The fourth-order valence-corrected chi connectivity index (χ4v) is 3.28. The van der Waals surface area contributed by atoms with Crippen LogP contribution in [0.2, 0.25) is 5.02 Å². The summed E-state index contributed by atoms with van der Waals surface area (Å²) in [6, 6.07) is 5.01. The van der Waals surface area contributed by atoms with Crippen molar-refractivity contribution in [3.05, 3.63) is 33.3 Å². The summed E-state index contributed by atoms with van der Waals surface area (Å²) in [5, 5.41) is 12.6. The fourth-order valence-electron chi connectivity index (χ4n) is 2.71. The molecule has 1 saturated carbocycles. The summed E-state index contributed by atoms with van der Waals surface area (Å²) in [5.74, 6) is -1.17. The van der Waals surface area contributed by atoms with Crippen molar-refractivity contribution in [3.63, 3.8) is 0 Å². The Labute approximate surface area is 137 Å². The monoisotopic (exact) mass is 373 g/mol. The topological polar surface area (TPSA) is 66.4 Å². The van der Waals surface area contributed by atoms with Crippen molar-refractivity contribution in [3.8, 4) is 0 Å². The molecule has 2 N–H and O–H groups in total. The van der Waals surface area contributed by atoms with Crippen LogP contribution in [0.15, 0.2) is 22.7 Å². The molecular weight excluding hydrogens is 358 g/mol. The predicted molar refractivity (Wildman–Crippen MR) is 84.6 cm³/mol. The van der Waals surface area contributed by atoms with Gasteiger partial charge in [-0.05, 0) is 31.0 Å². The summed E-state index contributed by atoms with van der Waals surface area (Å²) < 4.78 is 0.752. The van der Waals surface area contributed by atoms with Crippen LogP contribution in [0, 0.1) is 5.41 Å². The molecule has 1 aromatic carbocycles. The minimum absolute atomic E-state index is 0.143. The molecule has 0 radical (unpaired) electrons. The van der Waals surface area contributed by atoms with Gasteiger partial charge in [0.2, 0.25) is 0 Å². The summed E-state index contributed by atoms with van der Waals surface area (Å²) in [4.78, 5) is 23.8. The zero-order valence-electron chi connectivity index (χ0n) is 11.5. The van der Waals surface area contributed by atoms with Gasteiger partial charge in [-0.3, -0.25) is 9.59 Å². The zero-order chi connectivity index (χ0) is 15.5. The molecule has 0 heterocycles. The molecule has 21 heavy (non-hydrogen) atoms. The minimum atomic E-state index is -0.841. The molecule has 1 aliphatic rings. The number of nitrogens with one attached hydrogen (secondary N) is 1. The first-order valence-corrected chi connectivity index (χ1v) is 8.08. The third-order valence-corrected chi connectivity index (χ3v) is 4.85. The predicted octanol–water partition coefficient (Wildman–Crippen LogP) is 3.87. The van der Waals surface area contributed by atoms with Crippen molar-refractivity contribution in [2.45, 2.75) is 32.1 Å². The van der Waals surface area contributed by atoms with Gasteiger partial charge in [0.1, 0.15) is 0 Å². The largest absolute Gasteiger partial charge is 0.481 e. The molecule has 114 valence electrons. The molecular formula is C15H17BrClNO3. The smallest absolute Gasteiger partial charge is 0.311 e. The van der Waals surface area contributed by atoms with Gasteiger partial charge in [0.15, 0.2) is 0 Å². The lowest BCUT2D eigenvalue weighted by molar-refractivity contribution is -0.150. The van der Waals surface area contributed by atoms with Gasteiger partial charge in [-0.15, -0.1) is 0 Å². The maximum atomic E-state index is 12.2. The van der Waals surface area contributed by atoms with Crippen LogP contribution in [-0.2, 0) is 4.79 Å². The SMILES string of the molecule is O=C(NCC1(C(=O)O)CCCCC1)c1cc(Br)ccc1Cl. The number of carboxylic acid groups (broad SMARTS) is 1. The average molecular weight is 375 g/mol. The Morgan fingerprint density at radius 2 is 1.95 bits per heavy atom. The summed E-state index contributed by atoms with van der Waals surface area (Å²) in [6.07, 6.45) is 4.05. The highest BCUT2D eigenvalue weighted by Gasteiger charge is 2.39. The van der Waals surface area contributed by atoms with Crippen molar-refractivity contribution in [2.24, 2.45) is 5.41 Å². The summed E-state index contributed by atoms with van der Waals surface area (Å²) in [7, 11) is 0. The number of benzene rings is 1. The number of hydrogen-bond acceptors (Lipinski definition) is 2. The molecule has 0 spiro atoms. The molecule has 1 aromatic rings. The second kappa shape index (κ2) is 6.79. The standard InChI is InChI=1S/C15H17BrClNO3/c16-10-4-5-12(17)11(8-10)13(19)18-9-15(14(20)21)6-2-1-3-7-15/h4-5,8H,1-3,6-7,9H2,(H,18,19)(H,20,21). The summed E-state index contributed by atoms with van der Waals surface area (Å²) >= 11 is 9.31. The van der Waals surface area contributed by atoms with Crippen LogP contribution in [-0.4, -0.2) is 23.5 Å². The Kier molecular flexibility index (Phi) is 5.27. The third kappa shape index (κ3) is 3.77. The summed E-state index contributed by atoms with van der Waals surface area (Å²) in [5.41, 5.74) is -0.491. The number of hydrogen-bond donors (Lipinski definition) is 2. The first kappa shape index (κ1) is 16.3. The third-order valence-electron chi connectivity index (χ3n) is 4.02. The molecule has 1 aliphatic carbocycles. The van der Waals surface area contributed by atoms with Gasteiger partial charge in [0, 0.05) is 11.0 Å². The van der Waals surface area contributed by atoms with E-state index in [1.54, 1.807) is 18.2 Å². The van der Waals surface area contributed by atoms with E-state index in [0.29, 0.717) is 23.4 Å². The number of aliphatic carboxylic acids is 1. The normalized spacial score (nSPS) is 17.2. The van der Waals surface area contributed by atoms with Crippen molar-refractivity contribution in [2.75, 3.05) is 6.54 Å². The zero-order valence-corrected chi connectivity index (χ0v) is 13.8. The molecule has 0 unspecified atom stereocenters. The highest BCUT2D eigenvalue weighted by molar-refractivity contribution is 9.10. The van der Waals surface area contributed by atoms with E-state index >= 15 is 0 Å². The Balaban J connectivity index is 2.08. The molecule has 4 nitrogen and oxygen atoms in total. The number of rotatable bonds is 4. The van der Waals surface area contributed by atoms with E-state index in [1.807, 2.05) is 0 Å². The Morgan fingerprint density at radius 3 is 2.57 bits per heavy atom. The molecule has 0 aromatic heterocycles. The Morgan fingerprint density at radius 1 is 1.29 bits per heavy atom. The van der Waals surface area contributed by atoms with E-state index in [1.165, 1.54) is 0 Å². The van der Waals surface area contributed by atoms with Gasteiger partial charge >= 0.3 is 5.97 Å². The maximum Gasteiger partial charge on any atom is 0.311 e. The van der Waals surface area contributed by atoms with Crippen molar-refractivity contribution >= 4 is 39.4 Å². The average Bonchev–Trinajstić information content (AvgIpc) is 2.48. The molecule has 2 rings (SSSR count). The van der Waals surface area contributed by atoms with Gasteiger partial charge in [0.25, 0.3) is 5.91 Å². The number of halogens is 2. The Bertz CT molecular complexity index is 556. The lowest BCUT2D eigenvalue weighted by Crippen LogP contribution is -2.44. The van der Waals surface area contributed by atoms with E-state index in [2.05, 4.69) is 21.2 Å². The van der Waals surface area contributed by atoms with Crippen molar-refractivity contribution in [1.29, 1.82) is 0 Å². The van der Waals surface area contributed by atoms with Crippen LogP contribution in [0.5, 0.6) is 0 Å². The van der Waals surface area contributed by atoms with E-state index in [9.17, 15) is 14.7 Å². The molecule has 1 fully saturated rings. The van der Waals surface area contributed by atoms with Crippen LogP contribution >= 0.6 is 27.5 Å². The van der Waals surface area contributed by atoms with Gasteiger partial charge in [-0.25, -0.2) is 0 Å². The highest BCUT2D eigenvalue weighted by atomic mass is 79.9. The lowest BCUT2D eigenvalue weighted by atomic mass is 9.74. The van der Waals surface area contributed by atoms with Crippen LogP contribution in [0.3, 0.4) is 0 Å². The number of carbonyl (C=O) groups excluding carboxylic acids is 1. The first-order valence-electron chi connectivity index (χ1n) is 6.91. The number of carbonyl (C=O) groups is 2. The van der Waals surface area contributed by atoms with E-state index < -0.39 is 11.4 Å². The van der Waals surface area contributed by atoms with E-state index in [-0.39, 0.29) is 12.5 Å². The number of amides is 1. The molecule has 1 amide bonds. The Hall–Kier alpha value is -1.07. The van der Waals surface area contributed by atoms with E-state index in [0.717, 1.165) is 23.7 Å². The van der Waals surface area contributed by atoms with Gasteiger partial charge in [-0.2, -0.15) is 0 Å². The van der Waals surface area contributed by atoms with Crippen molar-refractivity contribution in [1.82, 2.24) is 5.32 Å². The lowest BCUT2D eigenvalue weighted by Gasteiger charge is -2.33. The fraction of sp³-hybridized carbons (Fsp3) is 0.467. The minimum Gasteiger partial charge on any atom is -0.481 e. The van der Waals surface area contributed by atoms with Crippen LogP contribution in [0.1, 0.15) is 42.5 Å². The number of carboxylic acids is 1. The first-order chi connectivity index (χ1) is 9.94. The molecule has 0 aliphatic heterocycles. The highest BCUT2D eigenvalue weighted by Crippen LogP contribution is 2.36. The maximum absolute atomic E-state index is 12.2. The van der Waals surface area contributed by atoms with Gasteiger partial charge in [0.05, 0.1) is 16.0 Å². The van der Waals surface area contributed by atoms with Gasteiger partial charge < -0.3 is 10.4 Å². The molecule has 0 atom stereocenters. The molecule has 0 bridgehead atoms. The second-order valence-electron chi connectivity index (χ2n) is 5.45. The van der Waals surface area contributed by atoms with Crippen LogP contribution in [0.25, 0.3) is 0 Å².